The molecule has 2 amide bonds. The average molecular weight is 374 g/mol. The third kappa shape index (κ3) is 3.99. The fourth-order valence-corrected chi connectivity index (χ4v) is 3.53. The summed E-state index contributed by atoms with van der Waals surface area (Å²) in [5, 5.41) is 5.52. The molecule has 0 aliphatic carbocycles. The van der Waals surface area contributed by atoms with E-state index in [0.717, 1.165) is 27.4 Å². The summed E-state index contributed by atoms with van der Waals surface area (Å²) in [5.74, 6) is 0.507. The monoisotopic (exact) mass is 374 g/mol. The Morgan fingerprint density at radius 1 is 1.31 bits per heavy atom. The molecule has 1 atom stereocenters. The molecule has 1 aliphatic rings. The second-order valence-electron chi connectivity index (χ2n) is 6.31. The van der Waals surface area contributed by atoms with Gasteiger partial charge in [-0.05, 0) is 55.0 Å². The second kappa shape index (κ2) is 7.78. The molecule has 0 bridgehead atoms. The first kappa shape index (κ1) is 18.3. The highest BCUT2D eigenvalue weighted by molar-refractivity contribution is 7.14. The second-order valence-corrected chi connectivity index (χ2v) is 7.24. The van der Waals surface area contributed by atoms with Crippen molar-refractivity contribution < 1.29 is 19.1 Å². The van der Waals surface area contributed by atoms with E-state index in [2.05, 4.69) is 5.32 Å². The van der Waals surface area contributed by atoms with Crippen LogP contribution in [0.15, 0.2) is 29.6 Å². The molecular weight excluding hydrogens is 352 g/mol. The standard InChI is InChI=1S/C19H22N2O4S/c1-12-6-7-13(2)18(14(12)3)24-11-16(22)20-9-15-10-21(19(23)25-15)17-5-4-8-26-17/h4-8,15H,9-11H2,1-3H3,(H,20,22). The van der Waals surface area contributed by atoms with Crippen molar-refractivity contribution in [3.05, 3.63) is 46.3 Å². The van der Waals surface area contributed by atoms with Gasteiger partial charge in [-0.2, -0.15) is 0 Å². The predicted octanol–water partition coefficient (Wildman–Crippen LogP) is 3.19. The summed E-state index contributed by atoms with van der Waals surface area (Å²) in [4.78, 5) is 25.6. The Labute approximate surface area is 156 Å². The molecule has 1 aromatic heterocycles. The first-order chi connectivity index (χ1) is 12.5. The lowest BCUT2D eigenvalue weighted by molar-refractivity contribution is -0.123. The lowest BCUT2D eigenvalue weighted by Crippen LogP contribution is -2.37. The quantitative estimate of drug-likeness (QED) is 0.843. The summed E-state index contributed by atoms with van der Waals surface area (Å²) in [6, 6.07) is 7.76. The van der Waals surface area contributed by atoms with Crippen LogP contribution in [0.2, 0.25) is 0 Å². The summed E-state index contributed by atoms with van der Waals surface area (Å²) in [7, 11) is 0. The summed E-state index contributed by atoms with van der Waals surface area (Å²) in [6.07, 6.45) is -0.745. The topological polar surface area (TPSA) is 67.9 Å². The van der Waals surface area contributed by atoms with E-state index in [4.69, 9.17) is 9.47 Å². The molecule has 1 unspecified atom stereocenters. The minimum absolute atomic E-state index is 0.0690. The Morgan fingerprint density at radius 3 is 2.81 bits per heavy atom. The van der Waals surface area contributed by atoms with Crippen LogP contribution in [0.5, 0.6) is 5.75 Å². The maximum atomic E-state index is 12.1. The zero-order valence-electron chi connectivity index (χ0n) is 15.1. The predicted molar refractivity (Wildman–Crippen MR) is 101 cm³/mol. The summed E-state index contributed by atoms with van der Waals surface area (Å²) >= 11 is 1.48. The maximum Gasteiger partial charge on any atom is 0.415 e. The average Bonchev–Trinajstić information content (AvgIpc) is 3.26. The van der Waals surface area contributed by atoms with E-state index in [1.165, 1.54) is 11.3 Å². The number of amides is 2. The largest absolute Gasteiger partial charge is 0.483 e. The SMILES string of the molecule is Cc1ccc(C)c(OCC(=O)NCC2CN(c3cccs3)C(=O)O2)c1C. The van der Waals surface area contributed by atoms with Crippen molar-refractivity contribution in [2.45, 2.75) is 26.9 Å². The van der Waals surface area contributed by atoms with Crippen LogP contribution in [-0.2, 0) is 9.53 Å². The first-order valence-corrected chi connectivity index (χ1v) is 9.31. The number of nitrogens with one attached hydrogen (secondary N) is 1. The highest BCUT2D eigenvalue weighted by atomic mass is 32.1. The molecule has 26 heavy (non-hydrogen) atoms. The molecule has 1 N–H and O–H groups in total. The highest BCUT2D eigenvalue weighted by Crippen LogP contribution is 2.26. The first-order valence-electron chi connectivity index (χ1n) is 8.43. The van der Waals surface area contributed by atoms with Crippen LogP contribution in [0.25, 0.3) is 0 Å². The molecule has 0 saturated carbocycles. The number of hydrogen-bond donors (Lipinski definition) is 1. The Balaban J connectivity index is 1.48. The highest BCUT2D eigenvalue weighted by Gasteiger charge is 2.32. The van der Waals surface area contributed by atoms with E-state index in [0.29, 0.717) is 6.54 Å². The Morgan fingerprint density at radius 2 is 2.08 bits per heavy atom. The van der Waals surface area contributed by atoms with Crippen LogP contribution in [0, 0.1) is 20.8 Å². The summed E-state index contributed by atoms with van der Waals surface area (Å²) in [5.41, 5.74) is 3.16. The number of cyclic esters (lactones) is 1. The van der Waals surface area contributed by atoms with Crippen molar-refractivity contribution in [3.63, 3.8) is 0 Å². The van der Waals surface area contributed by atoms with Crippen molar-refractivity contribution in [2.24, 2.45) is 0 Å². The third-order valence-corrected chi connectivity index (χ3v) is 5.29. The molecular formula is C19H22N2O4S. The normalized spacial score (nSPS) is 16.5. The van der Waals surface area contributed by atoms with Crippen molar-refractivity contribution in [2.75, 3.05) is 24.6 Å². The van der Waals surface area contributed by atoms with E-state index < -0.39 is 0 Å². The fraction of sp³-hybridized carbons (Fsp3) is 0.368. The number of nitrogens with zero attached hydrogens (tertiary/aromatic N) is 1. The molecule has 0 radical (unpaired) electrons. The Kier molecular flexibility index (Phi) is 5.46. The summed E-state index contributed by atoms with van der Waals surface area (Å²) in [6.45, 7) is 6.57. The van der Waals surface area contributed by atoms with Gasteiger partial charge in [0.1, 0.15) is 16.9 Å². The zero-order valence-corrected chi connectivity index (χ0v) is 15.9. The van der Waals surface area contributed by atoms with Gasteiger partial charge < -0.3 is 14.8 Å². The smallest absolute Gasteiger partial charge is 0.415 e. The molecule has 2 aromatic rings. The van der Waals surface area contributed by atoms with Crippen molar-refractivity contribution in [1.29, 1.82) is 0 Å². The van der Waals surface area contributed by atoms with Crippen LogP contribution in [-0.4, -0.2) is 37.8 Å². The fourth-order valence-electron chi connectivity index (χ4n) is 2.80. The van der Waals surface area contributed by atoms with Gasteiger partial charge >= 0.3 is 6.09 Å². The lowest BCUT2D eigenvalue weighted by atomic mass is 10.1. The molecule has 1 fully saturated rings. The van der Waals surface area contributed by atoms with Crippen molar-refractivity contribution >= 4 is 28.3 Å². The van der Waals surface area contributed by atoms with Crippen molar-refractivity contribution in [3.8, 4) is 5.75 Å². The van der Waals surface area contributed by atoms with E-state index in [1.807, 2.05) is 50.4 Å². The Hall–Kier alpha value is -2.54. The number of rotatable bonds is 6. The number of carbonyl (C=O) groups excluding carboxylic acids is 2. The Bertz CT molecular complexity index is 804. The van der Waals surface area contributed by atoms with Crippen LogP contribution in [0.4, 0.5) is 9.80 Å². The van der Waals surface area contributed by atoms with Gasteiger partial charge in [-0.25, -0.2) is 4.79 Å². The summed E-state index contributed by atoms with van der Waals surface area (Å²) < 4.78 is 11.0. The van der Waals surface area contributed by atoms with Gasteiger partial charge in [0.25, 0.3) is 5.91 Å². The number of aryl methyl sites for hydroxylation is 2. The minimum Gasteiger partial charge on any atom is -0.483 e. The molecule has 1 saturated heterocycles. The van der Waals surface area contributed by atoms with E-state index in [1.54, 1.807) is 4.90 Å². The number of thiophene rings is 1. The van der Waals surface area contributed by atoms with E-state index >= 15 is 0 Å². The van der Waals surface area contributed by atoms with Crippen LogP contribution >= 0.6 is 11.3 Å². The van der Waals surface area contributed by atoms with E-state index in [9.17, 15) is 9.59 Å². The number of hydrogen-bond acceptors (Lipinski definition) is 5. The third-order valence-electron chi connectivity index (χ3n) is 4.39. The van der Waals surface area contributed by atoms with Crippen LogP contribution < -0.4 is 15.0 Å². The number of benzene rings is 1. The van der Waals surface area contributed by atoms with Crippen molar-refractivity contribution in [1.82, 2.24) is 5.32 Å². The van der Waals surface area contributed by atoms with Gasteiger partial charge in [-0.1, -0.05) is 12.1 Å². The van der Waals surface area contributed by atoms with Crippen LogP contribution in [0.3, 0.4) is 0 Å². The minimum atomic E-state index is -0.381. The molecule has 2 heterocycles. The van der Waals surface area contributed by atoms with E-state index in [-0.39, 0.29) is 31.3 Å². The number of carbonyl (C=O) groups is 2. The molecule has 0 spiro atoms. The van der Waals surface area contributed by atoms with Gasteiger partial charge in [0.05, 0.1) is 13.1 Å². The molecule has 138 valence electrons. The number of ether oxygens (including phenoxy) is 2. The van der Waals surface area contributed by atoms with Gasteiger partial charge in [0, 0.05) is 0 Å². The number of anilines is 1. The molecule has 3 rings (SSSR count). The maximum absolute atomic E-state index is 12.1. The molecule has 7 heteroatoms. The zero-order chi connectivity index (χ0) is 18.7. The molecule has 6 nitrogen and oxygen atoms in total. The van der Waals surface area contributed by atoms with Gasteiger partial charge in [0.15, 0.2) is 6.61 Å². The van der Waals surface area contributed by atoms with Gasteiger partial charge in [0.2, 0.25) is 0 Å². The van der Waals surface area contributed by atoms with Crippen LogP contribution in [0.1, 0.15) is 16.7 Å². The molecule has 1 aromatic carbocycles. The van der Waals surface area contributed by atoms with Gasteiger partial charge in [-0.15, -0.1) is 11.3 Å². The molecule has 1 aliphatic heterocycles. The van der Waals surface area contributed by atoms with Gasteiger partial charge in [-0.3, -0.25) is 9.69 Å². The lowest BCUT2D eigenvalue weighted by Gasteiger charge is -2.14.